The Kier molecular flexibility index (Phi) is 4.60. The zero-order valence-electron chi connectivity index (χ0n) is 16.0. The van der Waals surface area contributed by atoms with Crippen molar-refractivity contribution in [3.05, 3.63) is 52.7 Å². The number of hydrogen-bond acceptors (Lipinski definition) is 9. The molecule has 0 atom stereocenters. The monoisotopic (exact) mass is 381 g/mol. The Morgan fingerprint density at radius 3 is 2.46 bits per heavy atom. The van der Waals surface area contributed by atoms with Crippen molar-refractivity contribution in [2.45, 2.75) is 40.8 Å². The molecule has 3 aromatic heterocycles. The minimum atomic E-state index is 0.171. The average Bonchev–Trinajstić information content (AvgIpc) is 3.38. The second-order valence-electron chi connectivity index (χ2n) is 6.43. The van der Waals surface area contributed by atoms with Gasteiger partial charge in [-0.1, -0.05) is 11.3 Å². The van der Waals surface area contributed by atoms with Crippen LogP contribution in [0.2, 0.25) is 0 Å². The van der Waals surface area contributed by atoms with Gasteiger partial charge >= 0.3 is 0 Å². The van der Waals surface area contributed by atoms with Gasteiger partial charge in [-0.25, -0.2) is 4.68 Å². The van der Waals surface area contributed by atoms with Gasteiger partial charge in [-0.15, -0.1) is 25.5 Å². The first-order valence-electron chi connectivity index (χ1n) is 8.71. The highest BCUT2D eigenvalue weighted by atomic mass is 16.5. The van der Waals surface area contributed by atoms with E-state index in [4.69, 9.17) is 13.6 Å². The third-order valence-corrected chi connectivity index (χ3v) is 4.35. The highest BCUT2D eigenvalue weighted by Gasteiger charge is 2.18. The normalized spacial score (nSPS) is 11.1. The van der Waals surface area contributed by atoms with Crippen LogP contribution in [0, 0.1) is 27.7 Å². The van der Waals surface area contributed by atoms with E-state index in [1.165, 1.54) is 5.56 Å². The lowest BCUT2D eigenvalue weighted by Gasteiger charge is -2.05. The Bertz CT molecular complexity index is 1110. The van der Waals surface area contributed by atoms with Gasteiger partial charge in [0, 0.05) is 6.92 Å². The first-order chi connectivity index (χ1) is 13.5. The second kappa shape index (κ2) is 7.22. The molecule has 0 saturated carbocycles. The number of nitrogens with zero attached hydrogens (tertiary/aromatic N) is 7. The SMILES string of the molecule is Cc1nnc(Cn2nnc(-c3nnc(COc4ccc(C)c(C)c4)o3)c2C)o1. The maximum absolute atomic E-state index is 5.73. The molecule has 10 heteroatoms. The van der Waals surface area contributed by atoms with Crippen molar-refractivity contribution in [2.24, 2.45) is 0 Å². The second-order valence-corrected chi connectivity index (χ2v) is 6.43. The summed E-state index contributed by atoms with van der Waals surface area (Å²) in [6, 6.07) is 5.90. The first-order valence-corrected chi connectivity index (χ1v) is 8.71. The number of benzene rings is 1. The number of ether oxygens (including phenoxy) is 1. The Labute approximate surface area is 160 Å². The number of rotatable bonds is 6. The van der Waals surface area contributed by atoms with Gasteiger partial charge in [0.1, 0.15) is 12.3 Å². The molecule has 0 aliphatic carbocycles. The van der Waals surface area contributed by atoms with E-state index in [0.29, 0.717) is 29.9 Å². The van der Waals surface area contributed by atoms with E-state index in [-0.39, 0.29) is 12.5 Å². The molecule has 0 bridgehead atoms. The summed E-state index contributed by atoms with van der Waals surface area (Å²) >= 11 is 0. The quantitative estimate of drug-likeness (QED) is 0.496. The lowest BCUT2D eigenvalue weighted by atomic mass is 10.1. The van der Waals surface area contributed by atoms with E-state index in [9.17, 15) is 0 Å². The largest absolute Gasteiger partial charge is 0.484 e. The van der Waals surface area contributed by atoms with Crippen molar-refractivity contribution in [3.63, 3.8) is 0 Å². The Morgan fingerprint density at radius 1 is 0.893 bits per heavy atom. The Morgan fingerprint density at radius 2 is 1.71 bits per heavy atom. The summed E-state index contributed by atoms with van der Waals surface area (Å²) in [6.45, 7) is 8.16. The topological polar surface area (TPSA) is 118 Å². The lowest BCUT2D eigenvalue weighted by Crippen LogP contribution is -2.04. The molecule has 0 amide bonds. The third-order valence-electron chi connectivity index (χ3n) is 4.35. The fourth-order valence-corrected chi connectivity index (χ4v) is 2.59. The molecule has 0 N–H and O–H groups in total. The molecule has 0 spiro atoms. The molecular formula is C18H19N7O3. The highest BCUT2D eigenvalue weighted by Crippen LogP contribution is 2.21. The zero-order chi connectivity index (χ0) is 19.7. The summed E-state index contributed by atoms with van der Waals surface area (Å²) in [4.78, 5) is 0. The summed E-state index contributed by atoms with van der Waals surface area (Å²) in [5.41, 5.74) is 3.62. The van der Waals surface area contributed by atoms with Crippen LogP contribution in [0.25, 0.3) is 11.6 Å². The van der Waals surface area contributed by atoms with Crippen molar-refractivity contribution in [3.8, 4) is 17.3 Å². The van der Waals surface area contributed by atoms with Crippen LogP contribution in [0.1, 0.15) is 34.5 Å². The molecule has 0 aliphatic heterocycles. The molecule has 10 nitrogen and oxygen atoms in total. The summed E-state index contributed by atoms with van der Waals surface area (Å²) in [5.74, 6) is 2.34. The van der Waals surface area contributed by atoms with Gasteiger partial charge in [0.25, 0.3) is 11.8 Å². The van der Waals surface area contributed by atoms with Crippen LogP contribution >= 0.6 is 0 Å². The highest BCUT2D eigenvalue weighted by molar-refractivity contribution is 5.48. The zero-order valence-corrected chi connectivity index (χ0v) is 16.0. The maximum Gasteiger partial charge on any atom is 0.270 e. The van der Waals surface area contributed by atoms with Crippen LogP contribution in [-0.2, 0) is 13.2 Å². The minimum absolute atomic E-state index is 0.171. The molecule has 0 saturated heterocycles. The summed E-state index contributed by atoms with van der Waals surface area (Å²) in [7, 11) is 0. The fourth-order valence-electron chi connectivity index (χ4n) is 2.59. The van der Waals surface area contributed by atoms with E-state index in [1.807, 2.05) is 32.0 Å². The van der Waals surface area contributed by atoms with Gasteiger partial charge in [0.2, 0.25) is 11.8 Å². The molecular weight excluding hydrogens is 362 g/mol. The first kappa shape index (κ1) is 17.8. The van der Waals surface area contributed by atoms with E-state index in [2.05, 4.69) is 37.6 Å². The molecule has 144 valence electrons. The average molecular weight is 381 g/mol. The summed E-state index contributed by atoms with van der Waals surface area (Å²) < 4.78 is 18.4. The van der Waals surface area contributed by atoms with E-state index in [0.717, 1.165) is 17.0 Å². The van der Waals surface area contributed by atoms with Gasteiger partial charge < -0.3 is 13.6 Å². The standard InChI is InChI=1S/C18H19N7O3/c1-10-5-6-14(7-11(10)2)26-9-16-21-23-18(28-16)17-12(3)25(24-22-17)8-15-20-19-13(4)27-15/h5-7H,8-9H2,1-4H3. The van der Waals surface area contributed by atoms with Crippen LogP contribution in [-0.4, -0.2) is 35.4 Å². The van der Waals surface area contributed by atoms with Gasteiger partial charge in [-0.3, -0.25) is 0 Å². The molecule has 0 unspecified atom stereocenters. The van der Waals surface area contributed by atoms with Gasteiger partial charge in [0.05, 0.1) is 5.69 Å². The van der Waals surface area contributed by atoms with E-state index < -0.39 is 0 Å². The molecule has 1 aromatic carbocycles. The van der Waals surface area contributed by atoms with Crippen molar-refractivity contribution in [1.29, 1.82) is 0 Å². The van der Waals surface area contributed by atoms with Gasteiger partial charge in [-0.05, 0) is 44.0 Å². The molecule has 4 rings (SSSR count). The van der Waals surface area contributed by atoms with Gasteiger partial charge in [0.15, 0.2) is 12.3 Å². The fraction of sp³-hybridized carbons (Fsp3) is 0.333. The maximum atomic E-state index is 5.73. The smallest absolute Gasteiger partial charge is 0.270 e. The third kappa shape index (κ3) is 3.61. The van der Waals surface area contributed by atoms with E-state index in [1.54, 1.807) is 11.6 Å². The molecule has 4 aromatic rings. The molecule has 28 heavy (non-hydrogen) atoms. The summed E-state index contributed by atoms with van der Waals surface area (Å²) in [6.07, 6.45) is 0. The van der Waals surface area contributed by atoms with E-state index >= 15 is 0 Å². The van der Waals surface area contributed by atoms with Crippen LogP contribution in [0.4, 0.5) is 0 Å². The summed E-state index contributed by atoms with van der Waals surface area (Å²) in [5, 5.41) is 24.1. The molecule has 0 fully saturated rings. The molecule has 0 radical (unpaired) electrons. The van der Waals surface area contributed by atoms with Crippen molar-refractivity contribution < 1.29 is 13.6 Å². The van der Waals surface area contributed by atoms with Crippen molar-refractivity contribution in [2.75, 3.05) is 0 Å². The van der Waals surface area contributed by atoms with Crippen LogP contribution < -0.4 is 4.74 Å². The van der Waals surface area contributed by atoms with Crippen LogP contribution in [0.5, 0.6) is 5.75 Å². The van der Waals surface area contributed by atoms with Gasteiger partial charge in [-0.2, -0.15) is 0 Å². The van der Waals surface area contributed by atoms with Crippen molar-refractivity contribution in [1.82, 2.24) is 35.4 Å². The van der Waals surface area contributed by atoms with Crippen molar-refractivity contribution >= 4 is 0 Å². The molecule has 0 aliphatic rings. The number of aryl methyl sites for hydroxylation is 3. The van der Waals surface area contributed by atoms with Crippen LogP contribution in [0.3, 0.4) is 0 Å². The molecule has 3 heterocycles. The predicted octanol–water partition coefficient (Wildman–Crippen LogP) is 2.57. The predicted molar refractivity (Wildman–Crippen MR) is 96.4 cm³/mol. The lowest BCUT2D eigenvalue weighted by molar-refractivity contribution is 0.264. The minimum Gasteiger partial charge on any atom is -0.484 e. The Balaban J connectivity index is 1.46. The Hall–Kier alpha value is -3.56. The number of aromatic nitrogens is 7. The number of hydrogen-bond donors (Lipinski definition) is 0. The van der Waals surface area contributed by atoms with Crippen LogP contribution in [0.15, 0.2) is 27.0 Å².